The van der Waals surface area contributed by atoms with Crippen molar-refractivity contribution in [3.8, 4) is 11.4 Å². The Hall–Kier alpha value is -2.62. The molecular weight excluding hydrogens is 344 g/mol. The molecule has 0 saturated carbocycles. The molecule has 2 rings (SSSR count). The average molecular weight is 364 g/mol. The number of aryl methyl sites for hydroxylation is 1. The van der Waals surface area contributed by atoms with Gasteiger partial charge in [-0.15, -0.1) is 5.10 Å². The number of amides is 3. The van der Waals surface area contributed by atoms with Gasteiger partial charge in [-0.3, -0.25) is 10.1 Å². The number of rotatable bonds is 7. The number of tetrazole rings is 1. The molecule has 10 heteroatoms. The van der Waals surface area contributed by atoms with Crippen molar-refractivity contribution in [3.63, 3.8) is 0 Å². The number of carbonyl (C=O) groups is 2. The van der Waals surface area contributed by atoms with E-state index in [1.54, 1.807) is 7.11 Å². The molecule has 1 aromatic carbocycles. The summed E-state index contributed by atoms with van der Waals surface area (Å²) in [5, 5.41) is 16.8. The van der Waals surface area contributed by atoms with E-state index in [-0.39, 0.29) is 5.75 Å². The number of hydrogen-bond donors (Lipinski definition) is 2. The summed E-state index contributed by atoms with van der Waals surface area (Å²) < 4.78 is 6.84. The number of methoxy groups -OCH3 is 1. The quantitative estimate of drug-likeness (QED) is 0.713. The third-order valence-electron chi connectivity index (χ3n) is 3.12. The molecule has 0 aliphatic heterocycles. The number of benzene rings is 1. The second-order valence-electron chi connectivity index (χ2n) is 5.14. The molecule has 0 aliphatic rings. The lowest BCUT2D eigenvalue weighted by molar-refractivity contribution is -0.117. The van der Waals surface area contributed by atoms with Gasteiger partial charge in [0, 0.05) is 6.54 Å². The van der Waals surface area contributed by atoms with Gasteiger partial charge in [0.2, 0.25) is 11.1 Å². The van der Waals surface area contributed by atoms with Crippen LogP contribution in [-0.4, -0.2) is 51.6 Å². The van der Waals surface area contributed by atoms with Crippen molar-refractivity contribution in [2.45, 2.75) is 25.4 Å². The highest BCUT2D eigenvalue weighted by Crippen LogP contribution is 2.26. The number of ether oxygens (including phenoxy) is 1. The Balaban J connectivity index is 2.04. The molecule has 9 nitrogen and oxygen atoms in total. The van der Waals surface area contributed by atoms with E-state index in [1.807, 2.05) is 32.0 Å². The van der Waals surface area contributed by atoms with E-state index in [9.17, 15) is 9.59 Å². The van der Waals surface area contributed by atoms with Gasteiger partial charge in [0.15, 0.2) is 0 Å². The van der Waals surface area contributed by atoms with Crippen LogP contribution in [0.3, 0.4) is 0 Å². The minimum atomic E-state index is -0.507. The zero-order valence-corrected chi connectivity index (χ0v) is 15.1. The van der Waals surface area contributed by atoms with E-state index >= 15 is 0 Å². The third-order valence-corrected chi connectivity index (χ3v) is 4.04. The molecule has 0 radical (unpaired) electrons. The zero-order chi connectivity index (χ0) is 18.2. The van der Waals surface area contributed by atoms with E-state index in [0.29, 0.717) is 23.1 Å². The first-order chi connectivity index (χ1) is 12.0. The number of thioether (sulfide) groups is 1. The second kappa shape index (κ2) is 9.02. The van der Waals surface area contributed by atoms with Gasteiger partial charge in [-0.2, -0.15) is 4.68 Å². The van der Waals surface area contributed by atoms with Crippen molar-refractivity contribution < 1.29 is 14.3 Å². The van der Waals surface area contributed by atoms with Crippen LogP contribution in [0.25, 0.3) is 5.69 Å². The summed E-state index contributed by atoms with van der Waals surface area (Å²) in [5.41, 5.74) is 1.70. The van der Waals surface area contributed by atoms with Crippen molar-refractivity contribution in [1.82, 2.24) is 30.8 Å². The van der Waals surface area contributed by atoms with Crippen molar-refractivity contribution in [1.29, 1.82) is 0 Å². The number of urea groups is 1. The Morgan fingerprint density at radius 3 is 2.88 bits per heavy atom. The number of nitrogens with one attached hydrogen (secondary N) is 2. The highest BCUT2D eigenvalue weighted by Gasteiger charge is 2.16. The lowest BCUT2D eigenvalue weighted by Crippen LogP contribution is -2.40. The van der Waals surface area contributed by atoms with Crippen molar-refractivity contribution in [3.05, 3.63) is 23.8 Å². The summed E-state index contributed by atoms with van der Waals surface area (Å²) in [6.45, 7) is 4.39. The van der Waals surface area contributed by atoms with Crippen LogP contribution >= 0.6 is 11.8 Å². The summed E-state index contributed by atoms with van der Waals surface area (Å²) in [4.78, 5) is 23.3. The van der Waals surface area contributed by atoms with E-state index < -0.39 is 11.9 Å². The van der Waals surface area contributed by atoms with Crippen LogP contribution < -0.4 is 15.4 Å². The third kappa shape index (κ3) is 5.18. The fourth-order valence-corrected chi connectivity index (χ4v) is 2.64. The zero-order valence-electron chi connectivity index (χ0n) is 14.3. The first kappa shape index (κ1) is 18.7. The first-order valence-corrected chi connectivity index (χ1v) is 8.67. The van der Waals surface area contributed by atoms with Crippen molar-refractivity contribution >= 4 is 23.7 Å². The topological polar surface area (TPSA) is 111 Å². The molecule has 0 spiro atoms. The van der Waals surface area contributed by atoms with Gasteiger partial charge < -0.3 is 10.1 Å². The van der Waals surface area contributed by atoms with Gasteiger partial charge in [-0.1, -0.05) is 24.8 Å². The number of aromatic nitrogens is 4. The second-order valence-corrected chi connectivity index (χ2v) is 6.08. The Bertz CT molecular complexity index is 749. The monoisotopic (exact) mass is 364 g/mol. The molecule has 25 heavy (non-hydrogen) atoms. The average Bonchev–Trinajstić information content (AvgIpc) is 3.06. The summed E-state index contributed by atoms with van der Waals surface area (Å²) in [7, 11) is 1.56. The molecule has 0 saturated heterocycles. The summed E-state index contributed by atoms with van der Waals surface area (Å²) >= 11 is 1.13. The van der Waals surface area contributed by atoms with Crippen LogP contribution in [0.1, 0.15) is 18.9 Å². The molecule has 0 fully saturated rings. The van der Waals surface area contributed by atoms with Crippen molar-refractivity contribution in [2.75, 3.05) is 19.4 Å². The summed E-state index contributed by atoms with van der Waals surface area (Å²) in [5.74, 6) is 0.195. The first-order valence-electron chi connectivity index (χ1n) is 7.69. The van der Waals surface area contributed by atoms with Gasteiger partial charge in [0.25, 0.3) is 0 Å². The normalized spacial score (nSPS) is 10.4. The molecule has 0 unspecified atom stereocenters. The molecule has 0 aliphatic carbocycles. The Morgan fingerprint density at radius 1 is 1.36 bits per heavy atom. The molecule has 2 aromatic rings. The highest BCUT2D eigenvalue weighted by molar-refractivity contribution is 7.99. The van der Waals surface area contributed by atoms with Crippen molar-refractivity contribution in [2.24, 2.45) is 0 Å². The number of carbonyl (C=O) groups excluding carboxylic acids is 2. The van der Waals surface area contributed by atoms with Gasteiger partial charge >= 0.3 is 6.03 Å². The van der Waals surface area contributed by atoms with E-state index in [1.165, 1.54) is 4.68 Å². The van der Waals surface area contributed by atoms with Gasteiger partial charge in [-0.25, -0.2) is 4.79 Å². The fourth-order valence-electron chi connectivity index (χ4n) is 1.96. The minimum absolute atomic E-state index is 0.00799. The standard InChI is InChI=1S/C15H20N6O3S/c1-4-7-16-14(23)17-13(22)9-25-15-18-19-20-21(15)11-8-10(2)5-6-12(11)24-3/h5-6,8H,4,7,9H2,1-3H3,(H2,16,17,22,23). The number of imide groups is 1. The lowest BCUT2D eigenvalue weighted by Gasteiger charge is -2.10. The molecule has 2 N–H and O–H groups in total. The van der Waals surface area contributed by atoms with E-state index in [2.05, 4.69) is 26.2 Å². The number of hydrogen-bond acceptors (Lipinski definition) is 7. The van der Waals surface area contributed by atoms with Crippen LogP contribution in [0.5, 0.6) is 5.75 Å². The predicted molar refractivity (Wildman–Crippen MR) is 93.0 cm³/mol. The maximum Gasteiger partial charge on any atom is 0.321 e. The molecule has 0 bridgehead atoms. The van der Waals surface area contributed by atoms with E-state index in [0.717, 1.165) is 23.7 Å². The largest absolute Gasteiger partial charge is 0.494 e. The van der Waals surface area contributed by atoms with Crippen LogP contribution in [0.4, 0.5) is 4.79 Å². The van der Waals surface area contributed by atoms with Crippen LogP contribution in [0.2, 0.25) is 0 Å². The SMILES string of the molecule is CCCNC(=O)NC(=O)CSc1nnnn1-c1cc(C)ccc1OC. The molecule has 0 atom stereocenters. The predicted octanol–water partition coefficient (Wildman–Crippen LogP) is 1.31. The maximum atomic E-state index is 11.8. The number of nitrogens with zero attached hydrogens (tertiary/aromatic N) is 4. The minimum Gasteiger partial charge on any atom is -0.494 e. The molecule has 1 aromatic heterocycles. The maximum absolute atomic E-state index is 11.8. The smallest absolute Gasteiger partial charge is 0.321 e. The van der Waals surface area contributed by atoms with Gasteiger partial charge in [-0.05, 0) is 41.5 Å². The van der Waals surface area contributed by atoms with Crippen LogP contribution in [-0.2, 0) is 4.79 Å². The highest BCUT2D eigenvalue weighted by atomic mass is 32.2. The van der Waals surface area contributed by atoms with Crippen LogP contribution in [0, 0.1) is 6.92 Å². The summed E-state index contributed by atoms with van der Waals surface area (Å²) in [6.07, 6.45) is 0.795. The Kier molecular flexibility index (Phi) is 6.75. The fraction of sp³-hybridized carbons (Fsp3) is 0.400. The molecule has 1 heterocycles. The molecular formula is C15H20N6O3S. The van der Waals surface area contributed by atoms with E-state index in [4.69, 9.17) is 4.74 Å². The van der Waals surface area contributed by atoms with Gasteiger partial charge in [0.05, 0.1) is 12.9 Å². The summed E-state index contributed by atoms with van der Waals surface area (Å²) in [6, 6.07) is 5.12. The Labute approximate surface area is 149 Å². The molecule has 134 valence electrons. The van der Waals surface area contributed by atoms with Gasteiger partial charge in [0.1, 0.15) is 11.4 Å². The lowest BCUT2D eigenvalue weighted by atomic mass is 10.2. The van der Waals surface area contributed by atoms with Crippen LogP contribution in [0.15, 0.2) is 23.4 Å². The molecule has 3 amide bonds. The Morgan fingerprint density at radius 2 is 2.16 bits per heavy atom.